The van der Waals surface area contributed by atoms with E-state index in [2.05, 4.69) is 31.4 Å². The molecule has 4 aromatic rings. The SMILES string of the molecule is O=C(COc1ccc(-c2nc(-c3ccccc3)no2)cc1)Nc1ccc(Br)cc1F. The van der Waals surface area contributed by atoms with Crippen molar-refractivity contribution in [2.75, 3.05) is 11.9 Å². The van der Waals surface area contributed by atoms with Gasteiger partial charge in [-0.3, -0.25) is 4.79 Å². The van der Waals surface area contributed by atoms with Crippen LogP contribution in [-0.4, -0.2) is 22.7 Å². The van der Waals surface area contributed by atoms with Gasteiger partial charge in [0.2, 0.25) is 5.82 Å². The molecule has 4 rings (SSSR count). The summed E-state index contributed by atoms with van der Waals surface area (Å²) >= 11 is 3.17. The maximum absolute atomic E-state index is 13.8. The lowest BCUT2D eigenvalue weighted by Crippen LogP contribution is -2.20. The van der Waals surface area contributed by atoms with Crippen molar-refractivity contribution >= 4 is 27.5 Å². The monoisotopic (exact) mass is 467 g/mol. The molecule has 8 heteroatoms. The molecule has 1 heterocycles. The van der Waals surface area contributed by atoms with E-state index >= 15 is 0 Å². The number of anilines is 1. The molecule has 30 heavy (non-hydrogen) atoms. The minimum atomic E-state index is -0.531. The number of amides is 1. The number of rotatable bonds is 6. The van der Waals surface area contributed by atoms with E-state index in [1.807, 2.05) is 30.3 Å². The molecule has 1 amide bonds. The number of aromatic nitrogens is 2. The smallest absolute Gasteiger partial charge is 0.262 e. The Morgan fingerprint density at radius 3 is 2.53 bits per heavy atom. The van der Waals surface area contributed by atoms with Gasteiger partial charge in [-0.1, -0.05) is 51.4 Å². The van der Waals surface area contributed by atoms with Crippen LogP contribution in [0, 0.1) is 5.82 Å². The lowest BCUT2D eigenvalue weighted by molar-refractivity contribution is -0.118. The highest BCUT2D eigenvalue weighted by molar-refractivity contribution is 9.10. The van der Waals surface area contributed by atoms with E-state index in [1.54, 1.807) is 30.3 Å². The average Bonchev–Trinajstić information content (AvgIpc) is 3.26. The highest BCUT2D eigenvalue weighted by atomic mass is 79.9. The van der Waals surface area contributed by atoms with Gasteiger partial charge in [0.05, 0.1) is 5.69 Å². The van der Waals surface area contributed by atoms with Crippen molar-refractivity contribution in [3.8, 4) is 28.6 Å². The van der Waals surface area contributed by atoms with Crippen molar-refractivity contribution in [3.05, 3.63) is 83.1 Å². The number of ether oxygens (including phenoxy) is 1. The van der Waals surface area contributed by atoms with Crippen LogP contribution in [0.4, 0.5) is 10.1 Å². The second-order valence-electron chi connectivity index (χ2n) is 6.27. The molecule has 0 aliphatic heterocycles. The molecule has 0 saturated carbocycles. The minimum Gasteiger partial charge on any atom is -0.484 e. The molecule has 0 saturated heterocycles. The summed E-state index contributed by atoms with van der Waals surface area (Å²) in [5.41, 5.74) is 1.67. The van der Waals surface area contributed by atoms with Gasteiger partial charge < -0.3 is 14.6 Å². The lowest BCUT2D eigenvalue weighted by Gasteiger charge is -2.08. The molecule has 0 aliphatic rings. The number of nitrogens with one attached hydrogen (secondary N) is 1. The van der Waals surface area contributed by atoms with Gasteiger partial charge in [0.15, 0.2) is 6.61 Å². The zero-order chi connectivity index (χ0) is 20.9. The summed E-state index contributed by atoms with van der Waals surface area (Å²) in [5, 5.41) is 6.46. The minimum absolute atomic E-state index is 0.0905. The van der Waals surface area contributed by atoms with Gasteiger partial charge in [-0.15, -0.1) is 0 Å². The Labute approximate surface area is 179 Å². The number of carbonyl (C=O) groups excluding carboxylic acids is 1. The van der Waals surface area contributed by atoms with Crippen LogP contribution in [0.1, 0.15) is 0 Å². The molecule has 1 N–H and O–H groups in total. The summed E-state index contributed by atoms with van der Waals surface area (Å²) in [6.07, 6.45) is 0. The van der Waals surface area contributed by atoms with Crippen molar-refractivity contribution in [1.82, 2.24) is 10.1 Å². The number of carbonyl (C=O) groups is 1. The summed E-state index contributed by atoms with van der Waals surface area (Å²) < 4.78 is 25.2. The standard InChI is InChI=1S/C22H15BrFN3O3/c23-16-8-11-19(18(24)12-16)25-20(28)13-29-17-9-6-15(7-10-17)22-26-21(27-30-22)14-4-2-1-3-5-14/h1-12H,13H2,(H,25,28). The van der Waals surface area contributed by atoms with E-state index in [-0.39, 0.29) is 12.3 Å². The van der Waals surface area contributed by atoms with Crippen LogP contribution in [0.15, 0.2) is 81.8 Å². The molecule has 6 nitrogen and oxygen atoms in total. The number of halogens is 2. The predicted molar refractivity (Wildman–Crippen MR) is 113 cm³/mol. The fraction of sp³-hybridized carbons (Fsp3) is 0.0455. The summed E-state index contributed by atoms with van der Waals surface area (Å²) in [6.45, 7) is -0.256. The second kappa shape index (κ2) is 8.87. The van der Waals surface area contributed by atoms with Crippen LogP contribution in [0.3, 0.4) is 0 Å². The van der Waals surface area contributed by atoms with Gasteiger partial charge in [-0.2, -0.15) is 4.98 Å². The largest absolute Gasteiger partial charge is 0.484 e. The van der Waals surface area contributed by atoms with Gasteiger partial charge >= 0.3 is 0 Å². The highest BCUT2D eigenvalue weighted by Gasteiger charge is 2.11. The second-order valence-corrected chi connectivity index (χ2v) is 7.19. The third kappa shape index (κ3) is 4.72. The topological polar surface area (TPSA) is 77.2 Å². The molecule has 0 bridgehead atoms. The van der Waals surface area contributed by atoms with Crippen molar-refractivity contribution < 1.29 is 18.4 Å². The first-order valence-electron chi connectivity index (χ1n) is 8.96. The summed E-state index contributed by atoms with van der Waals surface area (Å²) in [7, 11) is 0. The third-order valence-electron chi connectivity index (χ3n) is 4.13. The molecule has 0 unspecified atom stereocenters. The third-order valence-corrected chi connectivity index (χ3v) is 4.63. The Morgan fingerprint density at radius 1 is 1.03 bits per heavy atom. The van der Waals surface area contributed by atoms with Crippen molar-refractivity contribution in [2.45, 2.75) is 0 Å². The average molecular weight is 468 g/mol. The first-order valence-corrected chi connectivity index (χ1v) is 9.75. The number of nitrogens with zero attached hydrogens (tertiary/aromatic N) is 2. The Balaban J connectivity index is 1.36. The van der Waals surface area contributed by atoms with Crippen LogP contribution in [0.25, 0.3) is 22.8 Å². The molecule has 0 radical (unpaired) electrons. The number of hydrogen-bond acceptors (Lipinski definition) is 5. The van der Waals surface area contributed by atoms with Gasteiger partial charge in [-0.05, 0) is 42.5 Å². The summed E-state index contributed by atoms with van der Waals surface area (Å²) in [6, 6.07) is 20.8. The summed E-state index contributed by atoms with van der Waals surface area (Å²) in [4.78, 5) is 16.4. The van der Waals surface area contributed by atoms with E-state index in [1.165, 1.54) is 12.1 Å². The zero-order valence-electron chi connectivity index (χ0n) is 15.5. The van der Waals surface area contributed by atoms with E-state index in [9.17, 15) is 9.18 Å². The maximum Gasteiger partial charge on any atom is 0.262 e. The lowest BCUT2D eigenvalue weighted by atomic mass is 10.2. The van der Waals surface area contributed by atoms with Crippen LogP contribution in [0.2, 0.25) is 0 Å². The van der Waals surface area contributed by atoms with Gasteiger partial charge in [0.1, 0.15) is 11.6 Å². The molecular weight excluding hydrogens is 453 g/mol. The molecule has 1 aromatic heterocycles. The fourth-order valence-electron chi connectivity index (χ4n) is 2.66. The fourth-order valence-corrected chi connectivity index (χ4v) is 3.00. The van der Waals surface area contributed by atoms with Crippen molar-refractivity contribution in [1.29, 1.82) is 0 Å². The van der Waals surface area contributed by atoms with Crippen LogP contribution in [0.5, 0.6) is 5.75 Å². The van der Waals surface area contributed by atoms with Crippen LogP contribution >= 0.6 is 15.9 Å². The molecule has 0 spiro atoms. The first-order chi connectivity index (χ1) is 14.6. The molecule has 0 aliphatic carbocycles. The predicted octanol–water partition coefficient (Wildman–Crippen LogP) is 5.32. The van der Waals surface area contributed by atoms with E-state index < -0.39 is 11.7 Å². The Hall–Kier alpha value is -3.52. The summed E-state index contributed by atoms with van der Waals surface area (Å²) in [5.74, 6) is 0.362. The zero-order valence-corrected chi connectivity index (χ0v) is 17.1. The Bertz CT molecular complexity index is 1160. The van der Waals surface area contributed by atoms with Crippen molar-refractivity contribution in [3.63, 3.8) is 0 Å². The molecule has 150 valence electrons. The van der Waals surface area contributed by atoms with Crippen LogP contribution < -0.4 is 10.1 Å². The van der Waals surface area contributed by atoms with E-state index in [0.29, 0.717) is 21.9 Å². The van der Waals surface area contributed by atoms with E-state index in [0.717, 1.165) is 11.1 Å². The molecule has 0 fully saturated rings. The maximum atomic E-state index is 13.8. The van der Waals surface area contributed by atoms with Gasteiger partial charge in [0.25, 0.3) is 11.8 Å². The first kappa shape index (κ1) is 19.8. The van der Waals surface area contributed by atoms with Crippen LogP contribution in [-0.2, 0) is 4.79 Å². The normalized spacial score (nSPS) is 10.6. The number of hydrogen-bond donors (Lipinski definition) is 1. The van der Waals surface area contributed by atoms with Gasteiger partial charge in [-0.25, -0.2) is 4.39 Å². The Kier molecular flexibility index (Phi) is 5.85. The number of benzene rings is 3. The quantitative estimate of drug-likeness (QED) is 0.415. The highest BCUT2D eigenvalue weighted by Crippen LogP contribution is 2.24. The molecule has 3 aromatic carbocycles. The van der Waals surface area contributed by atoms with Crippen molar-refractivity contribution in [2.24, 2.45) is 0 Å². The van der Waals surface area contributed by atoms with E-state index in [4.69, 9.17) is 9.26 Å². The van der Waals surface area contributed by atoms with Gasteiger partial charge in [0, 0.05) is 15.6 Å². The molecule has 0 atom stereocenters. The molecular formula is C22H15BrFN3O3. The Morgan fingerprint density at radius 2 is 1.80 bits per heavy atom.